The molecule has 2 rings (SSSR count). The molecule has 0 aliphatic carbocycles. The maximum atomic E-state index is 14.5. The van der Waals surface area contributed by atoms with Gasteiger partial charge in [-0.1, -0.05) is 128 Å². The molecule has 2 aromatic rings. The van der Waals surface area contributed by atoms with E-state index < -0.39 is 12.0 Å². The third-order valence-corrected chi connectivity index (χ3v) is 6.83. The third kappa shape index (κ3) is 12.6. The molecule has 2 aromatic carbocycles. The van der Waals surface area contributed by atoms with Crippen LogP contribution in [-0.4, -0.2) is 12.8 Å². The standard InChI is InChI=1S/C32H48F2O/c1-3-5-7-9-10-11-12-13-14-15-17-27-19-21-28(22-20-27)29-23-24-32(31(34)25-29)35-26-30(33)18-16-8-6-4-2/h19-25,30H,3-18,26H2,1-2H3/t30-/m0/s1. The van der Waals surface area contributed by atoms with Crippen LogP contribution in [-0.2, 0) is 6.42 Å². The van der Waals surface area contributed by atoms with Crippen molar-refractivity contribution in [2.75, 3.05) is 6.61 Å². The minimum absolute atomic E-state index is 0.0873. The number of aryl methyl sites for hydroxylation is 1. The van der Waals surface area contributed by atoms with Gasteiger partial charge in [-0.3, -0.25) is 0 Å². The summed E-state index contributed by atoms with van der Waals surface area (Å²) in [5, 5.41) is 0. The molecule has 0 fully saturated rings. The summed E-state index contributed by atoms with van der Waals surface area (Å²) in [6.07, 6.45) is 18.2. The van der Waals surface area contributed by atoms with Gasteiger partial charge < -0.3 is 4.74 Å². The lowest BCUT2D eigenvalue weighted by atomic mass is 10.0. The summed E-state index contributed by atoms with van der Waals surface area (Å²) in [6.45, 7) is 4.31. The van der Waals surface area contributed by atoms with Crippen LogP contribution >= 0.6 is 0 Å². The molecule has 0 aliphatic heterocycles. The van der Waals surface area contributed by atoms with Crippen molar-refractivity contribution in [1.29, 1.82) is 0 Å². The van der Waals surface area contributed by atoms with Crippen molar-refractivity contribution < 1.29 is 13.5 Å². The zero-order chi connectivity index (χ0) is 25.1. The molecule has 0 amide bonds. The molecule has 0 unspecified atom stereocenters. The van der Waals surface area contributed by atoms with Crippen LogP contribution in [0.25, 0.3) is 11.1 Å². The molecule has 0 saturated heterocycles. The summed E-state index contributed by atoms with van der Waals surface area (Å²) in [4.78, 5) is 0. The Balaban J connectivity index is 1.68. The summed E-state index contributed by atoms with van der Waals surface area (Å²) in [6, 6.07) is 13.4. The minimum Gasteiger partial charge on any atom is -0.487 e. The molecule has 35 heavy (non-hydrogen) atoms. The topological polar surface area (TPSA) is 9.23 Å². The van der Waals surface area contributed by atoms with Crippen molar-refractivity contribution in [3.63, 3.8) is 0 Å². The molecule has 0 N–H and O–H groups in total. The maximum absolute atomic E-state index is 14.5. The summed E-state index contributed by atoms with van der Waals surface area (Å²) in [5.41, 5.74) is 3.14. The van der Waals surface area contributed by atoms with E-state index in [4.69, 9.17) is 4.74 Å². The van der Waals surface area contributed by atoms with E-state index in [0.717, 1.165) is 43.2 Å². The zero-order valence-electron chi connectivity index (χ0n) is 22.3. The van der Waals surface area contributed by atoms with Crippen LogP contribution < -0.4 is 4.74 Å². The molecule has 0 saturated carbocycles. The summed E-state index contributed by atoms with van der Waals surface area (Å²) >= 11 is 0. The Morgan fingerprint density at radius 1 is 0.657 bits per heavy atom. The van der Waals surface area contributed by atoms with Gasteiger partial charge in [0.25, 0.3) is 0 Å². The van der Waals surface area contributed by atoms with E-state index in [9.17, 15) is 8.78 Å². The largest absolute Gasteiger partial charge is 0.487 e. The van der Waals surface area contributed by atoms with E-state index in [1.54, 1.807) is 6.07 Å². The fourth-order valence-electron chi connectivity index (χ4n) is 4.53. The molecule has 0 aromatic heterocycles. The van der Waals surface area contributed by atoms with E-state index in [2.05, 4.69) is 38.1 Å². The fourth-order valence-corrected chi connectivity index (χ4v) is 4.53. The Kier molecular flexibility index (Phi) is 15.4. The van der Waals surface area contributed by atoms with Gasteiger partial charge in [-0.15, -0.1) is 0 Å². The monoisotopic (exact) mass is 486 g/mol. The number of rotatable bonds is 20. The van der Waals surface area contributed by atoms with Gasteiger partial charge in [-0.05, 0) is 48.1 Å². The Morgan fingerprint density at radius 3 is 1.80 bits per heavy atom. The number of benzene rings is 2. The van der Waals surface area contributed by atoms with Crippen molar-refractivity contribution in [2.45, 2.75) is 123 Å². The van der Waals surface area contributed by atoms with Gasteiger partial charge in [0.2, 0.25) is 0 Å². The summed E-state index contributed by atoms with van der Waals surface area (Å²) < 4.78 is 34.0. The molecule has 0 spiro atoms. The second-order valence-corrected chi connectivity index (χ2v) is 10.0. The Morgan fingerprint density at radius 2 is 1.20 bits per heavy atom. The normalized spacial score (nSPS) is 12.1. The molecule has 0 aliphatic rings. The van der Waals surface area contributed by atoms with Crippen LogP contribution in [0.4, 0.5) is 8.78 Å². The van der Waals surface area contributed by atoms with Gasteiger partial charge >= 0.3 is 0 Å². The molecule has 0 heterocycles. The first-order valence-electron chi connectivity index (χ1n) is 14.3. The van der Waals surface area contributed by atoms with Crippen molar-refractivity contribution >= 4 is 0 Å². The van der Waals surface area contributed by atoms with Crippen LogP contribution in [0, 0.1) is 5.82 Å². The highest BCUT2D eigenvalue weighted by molar-refractivity contribution is 5.64. The molecule has 196 valence electrons. The van der Waals surface area contributed by atoms with Gasteiger partial charge in [-0.25, -0.2) is 8.78 Å². The van der Waals surface area contributed by atoms with Crippen molar-refractivity contribution in [1.82, 2.24) is 0 Å². The first kappa shape index (κ1) is 29.3. The Hall–Kier alpha value is -1.90. The van der Waals surface area contributed by atoms with Gasteiger partial charge in [0, 0.05) is 0 Å². The summed E-state index contributed by atoms with van der Waals surface area (Å²) in [7, 11) is 0. The quantitative estimate of drug-likeness (QED) is 0.169. The lowest BCUT2D eigenvalue weighted by Crippen LogP contribution is -2.13. The smallest absolute Gasteiger partial charge is 0.165 e. The zero-order valence-corrected chi connectivity index (χ0v) is 22.3. The van der Waals surface area contributed by atoms with Crippen molar-refractivity contribution in [2.24, 2.45) is 0 Å². The van der Waals surface area contributed by atoms with Gasteiger partial charge in [-0.2, -0.15) is 0 Å². The Labute approximate surface area is 213 Å². The molecular weight excluding hydrogens is 438 g/mol. The van der Waals surface area contributed by atoms with Gasteiger partial charge in [0.15, 0.2) is 11.6 Å². The van der Waals surface area contributed by atoms with E-state index in [1.165, 1.54) is 75.8 Å². The Bertz CT molecular complexity index is 787. The molecule has 1 nitrogen and oxygen atoms in total. The SMILES string of the molecule is CCCCCCCCCCCCc1ccc(-c2ccc(OC[C@@H](F)CCCCCC)c(F)c2)cc1. The lowest BCUT2D eigenvalue weighted by Gasteiger charge is -2.12. The molecule has 0 radical (unpaired) electrons. The van der Waals surface area contributed by atoms with Gasteiger partial charge in [0.05, 0.1) is 0 Å². The van der Waals surface area contributed by atoms with Crippen molar-refractivity contribution in [3.8, 4) is 16.9 Å². The van der Waals surface area contributed by atoms with Crippen LogP contribution in [0.1, 0.15) is 116 Å². The number of hydrogen-bond acceptors (Lipinski definition) is 1. The average Bonchev–Trinajstić information content (AvgIpc) is 2.87. The molecule has 1 atom stereocenters. The molecular formula is C32H48F2O. The van der Waals surface area contributed by atoms with E-state index in [0.29, 0.717) is 6.42 Å². The third-order valence-electron chi connectivity index (χ3n) is 6.83. The maximum Gasteiger partial charge on any atom is 0.165 e. The number of halogens is 2. The van der Waals surface area contributed by atoms with Crippen LogP contribution in [0.15, 0.2) is 42.5 Å². The highest BCUT2D eigenvalue weighted by atomic mass is 19.1. The lowest BCUT2D eigenvalue weighted by molar-refractivity contribution is 0.179. The predicted molar refractivity (Wildman–Crippen MR) is 147 cm³/mol. The van der Waals surface area contributed by atoms with Crippen molar-refractivity contribution in [3.05, 3.63) is 53.8 Å². The molecule has 3 heteroatoms. The highest BCUT2D eigenvalue weighted by Crippen LogP contribution is 2.27. The minimum atomic E-state index is -1.05. The van der Waals surface area contributed by atoms with Crippen LogP contribution in [0.5, 0.6) is 5.75 Å². The van der Waals surface area contributed by atoms with E-state index in [-0.39, 0.29) is 12.4 Å². The highest BCUT2D eigenvalue weighted by Gasteiger charge is 2.11. The summed E-state index contributed by atoms with van der Waals surface area (Å²) in [5.74, 6) is -0.308. The second kappa shape index (κ2) is 18.4. The van der Waals surface area contributed by atoms with Gasteiger partial charge in [0.1, 0.15) is 12.8 Å². The predicted octanol–water partition coefficient (Wildman–Crippen LogP) is 10.6. The van der Waals surface area contributed by atoms with Crippen LogP contribution in [0.3, 0.4) is 0 Å². The number of hydrogen-bond donors (Lipinski definition) is 0. The van der Waals surface area contributed by atoms with Crippen LogP contribution in [0.2, 0.25) is 0 Å². The number of unbranched alkanes of at least 4 members (excludes halogenated alkanes) is 12. The second-order valence-electron chi connectivity index (χ2n) is 10.0. The first-order valence-corrected chi connectivity index (χ1v) is 14.3. The number of alkyl halides is 1. The first-order chi connectivity index (χ1) is 17.1. The van der Waals surface area contributed by atoms with E-state index >= 15 is 0 Å². The average molecular weight is 487 g/mol. The van der Waals surface area contributed by atoms with E-state index in [1.807, 2.05) is 6.07 Å². The molecule has 0 bridgehead atoms. The fraction of sp³-hybridized carbons (Fsp3) is 0.625. The number of ether oxygens (including phenoxy) is 1.